The fourth-order valence-corrected chi connectivity index (χ4v) is 3.18. The summed E-state index contributed by atoms with van der Waals surface area (Å²) in [6.07, 6.45) is 10.7. The Labute approximate surface area is 102 Å². The lowest BCUT2D eigenvalue weighted by Crippen LogP contribution is -2.45. The van der Waals surface area contributed by atoms with E-state index >= 15 is 0 Å². The van der Waals surface area contributed by atoms with Gasteiger partial charge in [0.1, 0.15) is 0 Å². The van der Waals surface area contributed by atoms with E-state index in [0.717, 1.165) is 17.4 Å². The smallest absolute Gasteiger partial charge is 0.0685 e. The SMILES string of the molecule is CCC(Br)CCC1CCOC2(CCC2)C1. The van der Waals surface area contributed by atoms with Crippen molar-refractivity contribution in [1.29, 1.82) is 0 Å². The van der Waals surface area contributed by atoms with Crippen LogP contribution in [0.4, 0.5) is 0 Å². The Kier molecular flexibility index (Phi) is 4.11. The number of hydrogen-bond donors (Lipinski definition) is 0. The van der Waals surface area contributed by atoms with Crippen LogP contribution in [0.3, 0.4) is 0 Å². The Morgan fingerprint density at radius 1 is 1.47 bits per heavy atom. The average Bonchev–Trinajstić information content (AvgIpc) is 2.24. The molecule has 2 rings (SSSR count). The zero-order valence-corrected chi connectivity index (χ0v) is 11.4. The molecule has 0 aromatic heterocycles. The molecule has 2 heteroatoms. The van der Waals surface area contributed by atoms with E-state index in [2.05, 4.69) is 22.9 Å². The van der Waals surface area contributed by atoms with Crippen LogP contribution in [0.25, 0.3) is 0 Å². The lowest BCUT2D eigenvalue weighted by molar-refractivity contribution is -0.144. The predicted octanol–water partition coefficient (Wildman–Crippen LogP) is 4.29. The van der Waals surface area contributed by atoms with Crippen LogP contribution in [0.1, 0.15) is 58.3 Å². The number of halogens is 1. The Bertz CT molecular complexity index is 201. The molecule has 2 atom stereocenters. The second-order valence-corrected chi connectivity index (χ2v) is 6.62. The highest BCUT2D eigenvalue weighted by Gasteiger charge is 2.42. The highest BCUT2D eigenvalue weighted by molar-refractivity contribution is 9.09. The third-order valence-electron chi connectivity index (χ3n) is 4.19. The number of hydrogen-bond acceptors (Lipinski definition) is 1. The molecule has 1 heterocycles. The van der Waals surface area contributed by atoms with Crippen molar-refractivity contribution in [2.24, 2.45) is 5.92 Å². The summed E-state index contributed by atoms with van der Waals surface area (Å²) in [4.78, 5) is 0.734. The summed E-state index contributed by atoms with van der Waals surface area (Å²) in [6, 6.07) is 0. The van der Waals surface area contributed by atoms with Gasteiger partial charge in [-0.2, -0.15) is 0 Å². The van der Waals surface area contributed by atoms with Gasteiger partial charge in [0.2, 0.25) is 0 Å². The summed E-state index contributed by atoms with van der Waals surface area (Å²) in [5.74, 6) is 0.936. The second kappa shape index (κ2) is 5.18. The van der Waals surface area contributed by atoms with E-state index in [4.69, 9.17) is 4.74 Å². The van der Waals surface area contributed by atoms with E-state index in [1.165, 1.54) is 51.4 Å². The molecule has 1 saturated carbocycles. The summed E-state index contributed by atoms with van der Waals surface area (Å²) in [6.45, 7) is 3.28. The fourth-order valence-electron chi connectivity index (χ4n) is 2.92. The molecule has 0 aromatic rings. The van der Waals surface area contributed by atoms with E-state index in [0.29, 0.717) is 5.60 Å². The predicted molar refractivity (Wildman–Crippen MR) is 67.5 cm³/mol. The van der Waals surface area contributed by atoms with Crippen molar-refractivity contribution >= 4 is 15.9 Å². The zero-order valence-electron chi connectivity index (χ0n) is 9.80. The first-order valence-electron chi connectivity index (χ1n) is 6.52. The van der Waals surface area contributed by atoms with Gasteiger partial charge in [0.15, 0.2) is 0 Å². The van der Waals surface area contributed by atoms with Crippen molar-refractivity contribution in [1.82, 2.24) is 0 Å². The standard InChI is InChI=1S/C13H23BrO/c1-2-12(14)5-4-11-6-9-15-13(10-11)7-3-8-13/h11-12H,2-10H2,1H3. The maximum atomic E-state index is 5.95. The molecule has 0 aromatic carbocycles. The van der Waals surface area contributed by atoms with Crippen molar-refractivity contribution in [3.8, 4) is 0 Å². The summed E-state index contributed by atoms with van der Waals surface area (Å²) in [5, 5.41) is 0. The maximum Gasteiger partial charge on any atom is 0.0685 e. The molecule has 2 fully saturated rings. The van der Waals surface area contributed by atoms with E-state index in [-0.39, 0.29) is 0 Å². The molecule has 1 aliphatic carbocycles. The van der Waals surface area contributed by atoms with Crippen LogP contribution >= 0.6 is 15.9 Å². The molecule has 2 unspecified atom stereocenters. The maximum absolute atomic E-state index is 5.95. The van der Waals surface area contributed by atoms with E-state index in [1.54, 1.807) is 0 Å². The summed E-state index contributed by atoms with van der Waals surface area (Å²) >= 11 is 3.73. The topological polar surface area (TPSA) is 9.23 Å². The van der Waals surface area contributed by atoms with Crippen LogP contribution in [-0.4, -0.2) is 17.0 Å². The summed E-state index contributed by atoms with van der Waals surface area (Å²) in [5.41, 5.74) is 0.344. The van der Waals surface area contributed by atoms with Crippen LogP contribution in [-0.2, 0) is 4.74 Å². The summed E-state index contributed by atoms with van der Waals surface area (Å²) < 4.78 is 5.95. The van der Waals surface area contributed by atoms with Gasteiger partial charge in [0, 0.05) is 11.4 Å². The van der Waals surface area contributed by atoms with Gasteiger partial charge in [0.05, 0.1) is 5.60 Å². The van der Waals surface area contributed by atoms with Crippen LogP contribution in [0.15, 0.2) is 0 Å². The minimum absolute atomic E-state index is 0.344. The normalized spacial score (nSPS) is 31.2. The number of rotatable bonds is 4. The first-order valence-corrected chi connectivity index (χ1v) is 7.44. The van der Waals surface area contributed by atoms with Gasteiger partial charge >= 0.3 is 0 Å². The van der Waals surface area contributed by atoms with Gasteiger partial charge < -0.3 is 4.74 Å². The molecule has 15 heavy (non-hydrogen) atoms. The molecule has 1 spiro atoms. The van der Waals surface area contributed by atoms with E-state index in [1.807, 2.05) is 0 Å². The van der Waals surface area contributed by atoms with Crippen molar-refractivity contribution in [3.63, 3.8) is 0 Å². The van der Waals surface area contributed by atoms with Crippen LogP contribution in [0.2, 0.25) is 0 Å². The third-order valence-corrected chi connectivity index (χ3v) is 5.30. The van der Waals surface area contributed by atoms with Crippen molar-refractivity contribution in [2.45, 2.75) is 68.7 Å². The molecule has 2 aliphatic rings. The summed E-state index contributed by atoms with van der Waals surface area (Å²) in [7, 11) is 0. The first-order chi connectivity index (χ1) is 7.24. The van der Waals surface area contributed by atoms with Crippen LogP contribution in [0, 0.1) is 5.92 Å². The van der Waals surface area contributed by atoms with Gasteiger partial charge in [-0.05, 0) is 57.3 Å². The molecule has 0 amide bonds. The van der Waals surface area contributed by atoms with Gasteiger partial charge in [-0.25, -0.2) is 0 Å². The molecule has 1 aliphatic heterocycles. The highest BCUT2D eigenvalue weighted by Crippen LogP contribution is 2.45. The van der Waals surface area contributed by atoms with Crippen LogP contribution in [0.5, 0.6) is 0 Å². The Hall–Kier alpha value is 0.440. The fraction of sp³-hybridized carbons (Fsp3) is 1.00. The lowest BCUT2D eigenvalue weighted by atomic mass is 9.71. The molecule has 0 bridgehead atoms. The van der Waals surface area contributed by atoms with Gasteiger partial charge in [-0.3, -0.25) is 0 Å². The average molecular weight is 275 g/mol. The number of alkyl halides is 1. The molecule has 1 saturated heterocycles. The Balaban J connectivity index is 1.73. The molecule has 0 N–H and O–H groups in total. The highest BCUT2D eigenvalue weighted by atomic mass is 79.9. The lowest BCUT2D eigenvalue weighted by Gasteiger charge is -2.47. The minimum atomic E-state index is 0.344. The molecule has 1 nitrogen and oxygen atoms in total. The Morgan fingerprint density at radius 2 is 2.27 bits per heavy atom. The molecule has 0 radical (unpaired) electrons. The first kappa shape index (κ1) is 11.9. The monoisotopic (exact) mass is 274 g/mol. The van der Waals surface area contributed by atoms with Crippen molar-refractivity contribution < 1.29 is 4.74 Å². The molecular formula is C13H23BrO. The van der Waals surface area contributed by atoms with Gasteiger partial charge in [-0.15, -0.1) is 0 Å². The minimum Gasteiger partial charge on any atom is -0.375 e. The van der Waals surface area contributed by atoms with Gasteiger partial charge in [-0.1, -0.05) is 22.9 Å². The van der Waals surface area contributed by atoms with Crippen molar-refractivity contribution in [2.75, 3.05) is 6.61 Å². The third kappa shape index (κ3) is 2.97. The Morgan fingerprint density at radius 3 is 2.87 bits per heavy atom. The molecule has 88 valence electrons. The second-order valence-electron chi connectivity index (χ2n) is 5.33. The van der Waals surface area contributed by atoms with E-state index < -0.39 is 0 Å². The largest absolute Gasteiger partial charge is 0.375 e. The van der Waals surface area contributed by atoms with Crippen LogP contribution < -0.4 is 0 Å². The van der Waals surface area contributed by atoms with Gasteiger partial charge in [0.25, 0.3) is 0 Å². The quantitative estimate of drug-likeness (QED) is 0.695. The molecular weight excluding hydrogens is 252 g/mol. The van der Waals surface area contributed by atoms with Crippen molar-refractivity contribution in [3.05, 3.63) is 0 Å². The zero-order chi connectivity index (χ0) is 10.7. The number of ether oxygens (including phenoxy) is 1. The van der Waals surface area contributed by atoms with E-state index in [9.17, 15) is 0 Å².